The van der Waals surface area contributed by atoms with E-state index < -0.39 is 17.5 Å². The quantitative estimate of drug-likeness (QED) is 0.630. The Bertz CT molecular complexity index is 1120. The van der Waals surface area contributed by atoms with Crippen molar-refractivity contribution in [3.05, 3.63) is 88.2 Å². The Morgan fingerprint density at radius 1 is 0.862 bits per heavy atom. The Balaban J connectivity index is 1.78. The number of carbonyl (C=O) groups excluding carboxylic acids is 2. The predicted octanol–water partition coefficient (Wildman–Crippen LogP) is 4.73. The number of halogens is 2. The zero-order chi connectivity index (χ0) is 20.4. The van der Waals surface area contributed by atoms with E-state index in [9.17, 15) is 14.0 Å². The average Bonchev–Trinajstić information content (AvgIpc) is 2.73. The topological polar surface area (TPSA) is 64.6 Å². The van der Waals surface area contributed by atoms with E-state index in [4.69, 9.17) is 21.1 Å². The summed E-state index contributed by atoms with van der Waals surface area (Å²) in [5.41, 5.74) is 0.463. The van der Waals surface area contributed by atoms with E-state index >= 15 is 0 Å². The van der Waals surface area contributed by atoms with Crippen molar-refractivity contribution >= 4 is 29.0 Å². The Kier molecular flexibility index (Phi) is 5.18. The highest BCUT2D eigenvalue weighted by molar-refractivity contribution is 6.35. The highest BCUT2D eigenvalue weighted by Gasteiger charge is 2.24. The van der Waals surface area contributed by atoms with Gasteiger partial charge in [-0.3, -0.25) is 9.59 Å². The lowest BCUT2D eigenvalue weighted by Gasteiger charge is -2.21. The van der Waals surface area contributed by atoms with Gasteiger partial charge >= 0.3 is 0 Å². The summed E-state index contributed by atoms with van der Waals surface area (Å²) in [6.07, 6.45) is 0. The van der Waals surface area contributed by atoms with Crippen LogP contribution in [0.25, 0.3) is 0 Å². The molecule has 0 unspecified atom stereocenters. The molecule has 0 saturated heterocycles. The summed E-state index contributed by atoms with van der Waals surface area (Å²) in [4.78, 5) is 25.8. The zero-order valence-corrected chi connectivity index (χ0v) is 15.8. The maximum Gasteiger partial charge on any atom is 0.258 e. The molecule has 3 aromatic rings. The molecule has 0 bridgehead atoms. The molecule has 1 aliphatic rings. The molecule has 0 radical (unpaired) electrons. The van der Waals surface area contributed by atoms with Crippen molar-refractivity contribution < 1.29 is 23.5 Å². The van der Waals surface area contributed by atoms with Gasteiger partial charge in [0.2, 0.25) is 0 Å². The first kappa shape index (κ1) is 19.0. The van der Waals surface area contributed by atoms with Gasteiger partial charge in [0.15, 0.2) is 17.3 Å². The van der Waals surface area contributed by atoms with Crippen LogP contribution in [0.3, 0.4) is 0 Å². The molecule has 3 aromatic carbocycles. The number of ketones is 1. The molecule has 0 spiro atoms. The molecule has 0 aromatic heterocycles. The van der Waals surface area contributed by atoms with Crippen molar-refractivity contribution in [2.75, 3.05) is 18.5 Å². The van der Waals surface area contributed by atoms with Gasteiger partial charge in [0.05, 0.1) is 21.8 Å². The number of carbonyl (C=O) groups is 2. The second kappa shape index (κ2) is 7.93. The Morgan fingerprint density at radius 3 is 2.17 bits per heavy atom. The lowest BCUT2D eigenvalue weighted by molar-refractivity contribution is 0.102. The number of ether oxygens (including phenoxy) is 2. The summed E-state index contributed by atoms with van der Waals surface area (Å²) in [6, 6.07) is 15.2. The minimum atomic E-state index is -0.687. The van der Waals surface area contributed by atoms with Gasteiger partial charge in [-0.05, 0) is 30.3 Å². The van der Waals surface area contributed by atoms with Crippen molar-refractivity contribution in [3.63, 3.8) is 0 Å². The summed E-state index contributed by atoms with van der Waals surface area (Å²) in [7, 11) is 0. The van der Waals surface area contributed by atoms with Crippen molar-refractivity contribution in [1.82, 2.24) is 0 Å². The molecular weight excluding hydrogens is 397 g/mol. The molecule has 1 heterocycles. The van der Waals surface area contributed by atoms with Crippen molar-refractivity contribution in [1.29, 1.82) is 0 Å². The van der Waals surface area contributed by atoms with E-state index in [1.165, 1.54) is 30.3 Å². The Labute approximate surface area is 171 Å². The second-order valence-electron chi connectivity index (χ2n) is 6.28. The first-order valence-corrected chi connectivity index (χ1v) is 9.21. The number of nitrogens with one attached hydrogen (secondary N) is 1. The lowest BCUT2D eigenvalue weighted by Crippen LogP contribution is -2.19. The first-order valence-electron chi connectivity index (χ1n) is 8.83. The number of hydrogen-bond acceptors (Lipinski definition) is 4. The fourth-order valence-corrected chi connectivity index (χ4v) is 3.23. The molecule has 4 rings (SSSR count). The Morgan fingerprint density at radius 2 is 1.48 bits per heavy atom. The van der Waals surface area contributed by atoms with Crippen LogP contribution in [-0.4, -0.2) is 24.9 Å². The number of hydrogen-bond donors (Lipinski definition) is 1. The number of rotatable bonds is 4. The number of fused-ring (bicyclic) bond motifs is 1. The van der Waals surface area contributed by atoms with Gasteiger partial charge in [-0.25, -0.2) is 4.39 Å². The van der Waals surface area contributed by atoms with Crippen LogP contribution in [0.15, 0.2) is 60.7 Å². The SMILES string of the molecule is O=C(Nc1cc2c(cc1C(=O)c1ccccc1Cl)OCCO2)c1ccccc1F. The maximum atomic E-state index is 14.0. The van der Waals surface area contributed by atoms with Crippen LogP contribution in [0.5, 0.6) is 11.5 Å². The van der Waals surface area contributed by atoms with Crippen molar-refractivity contribution in [2.24, 2.45) is 0 Å². The van der Waals surface area contributed by atoms with Crippen LogP contribution >= 0.6 is 11.6 Å². The monoisotopic (exact) mass is 411 g/mol. The molecule has 1 amide bonds. The highest BCUT2D eigenvalue weighted by atomic mass is 35.5. The van der Waals surface area contributed by atoms with E-state index in [0.717, 1.165) is 0 Å². The smallest absolute Gasteiger partial charge is 0.258 e. The van der Waals surface area contributed by atoms with Gasteiger partial charge in [0, 0.05) is 11.6 Å². The number of anilines is 1. The van der Waals surface area contributed by atoms with E-state index in [1.807, 2.05) is 0 Å². The van der Waals surface area contributed by atoms with Gasteiger partial charge in [-0.2, -0.15) is 0 Å². The van der Waals surface area contributed by atoms with Crippen molar-refractivity contribution in [3.8, 4) is 11.5 Å². The number of benzene rings is 3. The molecule has 1 N–H and O–H groups in total. The molecule has 0 saturated carbocycles. The highest BCUT2D eigenvalue weighted by Crippen LogP contribution is 2.37. The third kappa shape index (κ3) is 3.79. The predicted molar refractivity (Wildman–Crippen MR) is 107 cm³/mol. The van der Waals surface area contributed by atoms with E-state index in [-0.39, 0.29) is 27.4 Å². The molecule has 146 valence electrons. The van der Waals surface area contributed by atoms with Crippen LogP contribution in [0.4, 0.5) is 10.1 Å². The van der Waals surface area contributed by atoms with Crippen LogP contribution in [0.1, 0.15) is 26.3 Å². The Hall–Kier alpha value is -3.38. The van der Waals surface area contributed by atoms with Gasteiger partial charge in [0.1, 0.15) is 19.0 Å². The molecule has 0 aliphatic carbocycles. The standard InChI is InChI=1S/C22H15ClFNO4/c23-16-7-3-1-5-13(16)21(26)15-11-19-20(29-10-9-28-19)12-18(15)25-22(27)14-6-2-4-8-17(14)24/h1-8,11-12H,9-10H2,(H,25,27). The van der Waals surface area contributed by atoms with Gasteiger partial charge in [-0.15, -0.1) is 0 Å². The normalized spacial score (nSPS) is 12.3. The lowest BCUT2D eigenvalue weighted by atomic mass is 10.00. The van der Waals surface area contributed by atoms with E-state index in [2.05, 4.69) is 5.32 Å². The van der Waals surface area contributed by atoms with Gasteiger partial charge in [0.25, 0.3) is 5.91 Å². The van der Waals surface area contributed by atoms with Crippen LogP contribution in [0, 0.1) is 5.82 Å². The minimum Gasteiger partial charge on any atom is -0.486 e. The molecule has 0 atom stereocenters. The van der Waals surface area contributed by atoms with Gasteiger partial charge < -0.3 is 14.8 Å². The summed E-state index contributed by atoms with van der Waals surface area (Å²) in [5, 5.41) is 2.89. The molecule has 29 heavy (non-hydrogen) atoms. The first-order chi connectivity index (χ1) is 14.0. The molecule has 1 aliphatic heterocycles. The average molecular weight is 412 g/mol. The molecular formula is C22H15ClFNO4. The molecule has 7 heteroatoms. The summed E-state index contributed by atoms with van der Waals surface area (Å²) < 4.78 is 25.1. The minimum absolute atomic E-state index is 0.140. The fraction of sp³-hybridized carbons (Fsp3) is 0.0909. The third-order valence-electron chi connectivity index (χ3n) is 4.41. The summed E-state index contributed by atoms with van der Waals surface area (Å²) in [5.74, 6) is -0.989. The van der Waals surface area contributed by atoms with Gasteiger partial charge in [-0.1, -0.05) is 35.9 Å². The molecule has 5 nitrogen and oxygen atoms in total. The van der Waals surface area contributed by atoms with E-state index in [0.29, 0.717) is 24.7 Å². The van der Waals surface area contributed by atoms with E-state index in [1.54, 1.807) is 30.3 Å². The van der Waals surface area contributed by atoms with Crippen LogP contribution in [0.2, 0.25) is 5.02 Å². The zero-order valence-electron chi connectivity index (χ0n) is 15.1. The summed E-state index contributed by atoms with van der Waals surface area (Å²) >= 11 is 6.17. The fourth-order valence-electron chi connectivity index (χ4n) is 3.01. The third-order valence-corrected chi connectivity index (χ3v) is 4.74. The van der Waals surface area contributed by atoms with Crippen LogP contribution in [-0.2, 0) is 0 Å². The molecule has 0 fully saturated rings. The maximum absolute atomic E-state index is 14.0. The second-order valence-corrected chi connectivity index (χ2v) is 6.69. The van der Waals surface area contributed by atoms with Crippen LogP contribution < -0.4 is 14.8 Å². The van der Waals surface area contributed by atoms with Crippen molar-refractivity contribution in [2.45, 2.75) is 0 Å². The summed E-state index contributed by atoms with van der Waals surface area (Å²) in [6.45, 7) is 0.680. The largest absolute Gasteiger partial charge is 0.486 e. The number of amides is 1.